The van der Waals surface area contributed by atoms with Gasteiger partial charge in [0.15, 0.2) is 5.17 Å². The zero-order valence-corrected chi connectivity index (χ0v) is 19.8. The lowest BCUT2D eigenvalue weighted by atomic mass is 10.2. The first-order valence-corrected chi connectivity index (χ1v) is 8.91. The van der Waals surface area contributed by atoms with Crippen LogP contribution in [0.5, 0.6) is 11.5 Å². The third-order valence-corrected chi connectivity index (χ3v) is 4.31. The normalized spacial score (nSPS) is 9.41. The molecule has 0 amide bonds. The van der Waals surface area contributed by atoms with Crippen LogP contribution in [0.3, 0.4) is 0 Å². The lowest BCUT2D eigenvalue weighted by molar-refractivity contribution is 0.282. The number of nitrogens with one attached hydrogen (secondary N) is 2. The second-order valence-corrected chi connectivity index (χ2v) is 6.66. The number of hydrazine groups is 1. The predicted octanol–water partition coefficient (Wildman–Crippen LogP) is 4.68. The Balaban J connectivity index is 0.00000338. The van der Waals surface area contributed by atoms with Gasteiger partial charge in [-0.1, -0.05) is 41.6 Å². The molecule has 0 saturated carbocycles. The summed E-state index contributed by atoms with van der Waals surface area (Å²) in [5.41, 5.74) is 9.32. The van der Waals surface area contributed by atoms with Gasteiger partial charge < -0.3 is 15.2 Å². The molecule has 2 aromatic rings. The molecule has 0 spiro atoms. The van der Waals surface area contributed by atoms with E-state index in [9.17, 15) is 0 Å². The number of hydrogen-bond acceptors (Lipinski definition) is 6. The SMILES string of the molecule is Br.Br.N=C(N)SCc1cc(Cl)ccc1Oc1ccccc1COC(=S)NN. The maximum absolute atomic E-state index is 7.36. The topological polar surface area (TPSA) is 106 Å². The summed E-state index contributed by atoms with van der Waals surface area (Å²) in [6.07, 6.45) is 0. The van der Waals surface area contributed by atoms with Gasteiger partial charge in [-0.2, -0.15) is 0 Å². The second kappa shape index (κ2) is 13.2. The lowest BCUT2D eigenvalue weighted by Crippen LogP contribution is -2.30. The smallest absolute Gasteiger partial charge is 0.271 e. The van der Waals surface area contributed by atoms with Crippen molar-refractivity contribution in [1.29, 1.82) is 5.41 Å². The molecule has 6 N–H and O–H groups in total. The van der Waals surface area contributed by atoms with E-state index in [1.807, 2.05) is 24.3 Å². The number of rotatable bonds is 6. The number of halogens is 3. The molecule has 0 fully saturated rings. The highest BCUT2D eigenvalue weighted by molar-refractivity contribution is 8.93. The molecule has 11 heteroatoms. The van der Waals surface area contributed by atoms with Crippen LogP contribution in [0.2, 0.25) is 5.02 Å². The van der Waals surface area contributed by atoms with Crippen molar-refractivity contribution in [2.75, 3.05) is 0 Å². The highest BCUT2D eigenvalue weighted by Gasteiger charge is 2.11. The Morgan fingerprint density at radius 1 is 1.15 bits per heavy atom. The second-order valence-electron chi connectivity index (χ2n) is 4.84. The largest absolute Gasteiger partial charge is 0.465 e. The first-order chi connectivity index (χ1) is 12.0. The van der Waals surface area contributed by atoms with Gasteiger partial charge in [-0.15, -0.1) is 34.0 Å². The van der Waals surface area contributed by atoms with Crippen molar-refractivity contribution in [3.63, 3.8) is 0 Å². The van der Waals surface area contributed by atoms with E-state index in [1.54, 1.807) is 18.2 Å². The number of amidine groups is 1. The third kappa shape index (κ3) is 8.67. The monoisotopic (exact) mass is 556 g/mol. The maximum atomic E-state index is 7.36. The minimum absolute atomic E-state index is 0. The Labute approximate surface area is 193 Å². The van der Waals surface area contributed by atoms with Crippen molar-refractivity contribution in [3.05, 3.63) is 58.6 Å². The van der Waals surface area contributed by atoms with Crippen molar-refractivity contribution >= 4 is 79.9 Å². The highest BCUT2D eigenvalue weighted by atomic mass is 79.9. The predicted molar refractivity (Wildman–Crippen MR) is 127 cm³/mol. The van der Waals surface area contributed by atoms with E-state index in [2.05, 4.69) is 5.43 Å². The van der Waals surface area contributed by atoms with Crippen molar-refractivity contribution in [3.8, 4) is 11.5 Å². The van der Waals surface area contributed by atoms with Gasteiger partial charge >= 0.3 is 0 Å². The van der Waals surface area contributed by atoms with Crippen molar-refractivity contribution in [1.82, 2.24) is 5.43 Å². The lowest BCUT2D eigenvalue weighted by Gasteiger charge is -2.15. The Kier molecular flexibility index (Phi) is 12.7. The fourth-order valence-electron chi connectivity index (χ4n) is 1.94. The molecule has 0 aliphatic heterocycles. The van der Waals surface area contributed by atoms with Crippen LogP contribution >= 0.6 is 69.5 Å². The van der Waals surface area contributed by atoms with Crippen LogP contribution in [-0.2, 0) is 17.1 Å². The van der Waals surface area contributed by atoms with Gasteiger partial charge in [0.05, 0.1) is 0 Å². The molecule has 0 heterocycles. The van der Waals surface area contributed by atoms with Gasteiger partial charge in [0.2, 0.25) is 0 Å². The fraction of sp³-hybridized carbons (Fsp3) is 0.125. The van der Waals surface area contributed by atoms with Crippen LogP contribution in [0.4, 0.5) is 0 Å². The number of thiocarbonyl (C=S) groups is 1. The third-order valence-electron chi connectivity index (χ3n) is 3.07. The molecule has 0 aliphatic rings. The summed E-state index contributed by atoms with van der Waals surface area (Å²) in [6, 6.07) is 12.7. The van der Waals surface area contributed by atoms with E-state index in [0.717, 1.165) is 11.1 Å². The van der Waals surface area contributed by atoms with Crippen molar-refractivity contribution in [2.45, 2.75) is 12.4 Å². The molecule has 27 heavy (non-hydrogen) atoms. The summed E-state index contributed by atoms with van der Waals surface area (Å²) < 4.78 is 11.4. The molecule has 0 saturated heterocycles. The van der Waals surface area contributed by atoms with Crippen LogP contribution in [-0.4, -0.2) is 10.3 Å². The summed E-state index contributed by atoms with van der Waals surface area (Å²) in [5, 5.41) is 8.07. The zero-order valence-electron chi connectivity index (χ0n) is 13.9. The minimum atomic E-state index is 0. The number of nitrogens with two attached hydrogens (primary N) is 2. The summed E-state index contributed by atoms with van der Waals surface area (Å²) in [7, 11) is 0. The zero-order chi connectivity index (χ0) is 18.2. The molecule has 0 aromatic heterocycles. The maximum Gasteiger partial charge on any atom is 0.271 e. The summed E-state index contributed by atoms with van der Waals surface area (Å²) in [4.78, 5) is 0. The van der Waals surface area contributed by atoms with Crippen LogP contribution in [0.1, 0.15) is 11.1 Å². The number of para-hydroxylation sites is 1. The Morgan fingerprint density at radius 3 is 2.48 bits per heavy atom. The van der Waals surface area contributed by atoms with Crippen LogP contribution in [0, 0.1) is 5.41 Å². The average molecular weight is 559 g/mol. The van der Waals surface area contributed by atoms with E-state index in [-0.39, 0.29) is 50.9 Å². The number of hydrogen-bond donors (Lipinski definition) is 4. The number of thioether (sulfide) groups is 1. The molecule has 2 rings (SSSR count). The van der Waals surface area contributed by atoms with E-state index in [4.69, 9.17) is 50.3 Å². The van der Waals surface area contributed by atoms with Crippen LogP contribution < -0.4 is 21.7 Å². The van der Waals surface area contributed by atoms with E-state index < -0.39 is 0 Å². The first kappa shape index (κ1) is 26.0. The van der Waals surface area contributed by atoms with E-state index in [0.29, 0.717) is 22.3 Å². The summed E-state index contributed by atoms with van der Waals surface area (Å²) in [6.45, 7) is 0.213. The Bertz CT molecular complexity index is 784. The van der Waals surface area contributed by atoms with Crippen LogP contribution in [0.25, 0.3) is 0 Å². The molecule has 0 bridgehead atoms. The van der Waals surface area contributed by atoms with Gasteiger partial charge in [0.25, 0.3) is 5.17 Å². The van der Waals surface area contributed by atoms with Gasteiger partial charge in [-0.05, 0) is 36.5 Å². The Morgan fingerprint density at radius 2 is 1.81 bits per heavy atom. The molecule has 0 unspecified atom stereocenters. The highest BCUT2D eigenvalue weighted by Crippen LogP contribution is 2.32. The first-order valence-electron chi connectivity index (χ1n) is 7.14. The molecule has 0 radical (unpaired) electrons. The minimum Gasteiger partial charge on any atom is -0.465 e. The van der Waals surface area contributed by atoms with Gasteiger partial charge in [0.1, 0.15) is 18.1 Å². The van der Waals surface area contributed by atoms with Crippen LogP contribution in [0.15, 0.2) is 42.5 Å². The summed E-state index contributed by atoms with van der Waals surface area (Å²) in [5.74, 6) is 6.93. The molecule has 0 atom stereocenters. The molecule has 6 nitrogen and oxygen atoms in total. The fourth-order valence-corrected chi connectivity index (χ4v) is 2.73. The molecule has 2 aromatic carbocycles. The molecular formula is C16H19Br2ClN4O2S2. The van der Waals surface area contributed by atoms with Crippen molar-refractivity contribution in [2.24, 2.45) is 11.6 Å². The summed E-state index contributed by atoms with van der Waals surface area (Å²) >= 11 is 12.1. The van der Waals surface area contributed by atoms with Gasteiger partial charge in [0, 0.05) is 21.9 Å². The Hall–Kier alpha value is -1.04. The quantitative estimate of drug-likeness (QED) is 0.134. The molecular weight excluding hydrogens is 540 g/mol. The standard InChI is InChI=1S/C16H17ClN4O2S2.2BrH/c17-12-5-6-14(11(7-12)9-25-15(18)19)23-13-4-2-1-3-10(13)8-22-16(24)21-20;;/h1-7H,8-9,20H2,(H3,18,19)(H,21,24);2*1H. The van der Waals surface area contributed by atoms with E-state index >= 15 is 0 Å². The number of ether oxygens (including phenoxy) is 2. The van der Waals surface area contributed by atoms with Crippen molar-refractivity contribution < 1.29 is 9.47 Å². The van der Waals surface area contributed by atoms with Gasteiger partial charge in [-0.3, -0.25) is 10.8 Å². The number of benzene rings is 2. The van der Waals surface area contributed by atoms with Gasteiger partial charge in [-0.25, -0.2) is 5.84 Å². The van der Waals surface area contributed by atoms with E-state index in [1.165, 1.54) is 11.8 Å². The molecule has 148 valence electrons. The molecule has 0 aliphatic carbocycles. The average Bonchev–Trinajstić information content (AvgIpc) is 2.60.